The number of nitrogens with two attached hydrogens (primary N) is 1. The van der Waals surface area contributed by atoms with Crippen LogP contribution < -0.4 is 5.73 Å². The number of piperidine rings is 1. The lowest BCUT2D eigenvalue weighted by molar-refractivity contribution is -0.145. The lowest BCUT2D eigenvalue weighted by Gasteiger charge is -2.62. The molecule has 5 fully saturated rings. The largest absolute Gasteiger partial charge is 0.351 e. The summed E-state index contributed by atoms with van der Waals surface area (Å²) in [4.78, 5) is 16.6. The number of carbonyl (C=O) groups is 1. The highest BCUT2D eigenvalue weighted by Gasteiger charge is 2.62. The molecule has 2 amide bonds. The van der Waals surface area contributed by atoms with E-state index in [4.69, 9.17) is 17.3 Å². The molecule has 0 aromatic heterocycles. The molecule has 4 saturated carbocycles. The maximum atomic E-state index is 11.9. The second-order valence-corrected chi connectivity index (χ2v) is 11.8. The van der Waals surface area contributed by atoms with Crippen LogP contribution in [0.15, 0.2) is 18.2 Å². The molecule has 1 saturated heterocycles. The average Bonchev–Trinajstić information content (AvgIpc) is 2.87. The topological polar surface area (TPSA) is 49.6 Å². The summed E-state index contributed by atoms with van der Waals surface area (Å²) in [6, 6.07) is 6.84. The number of rotatable bonds is 1. The minimum Gasteiger partial charge on any atom is -0.351 e. The Morgan fingerprint density at radius 3 is 2.20 bits per heavy atom. The number of benzene rings is 1. The first-order valence-electron chi connectivity index (χ1n) is 11.9. The molecule has 4 aliphatic carbocycles. The van der Waals surface area contributed by atoms with Crippen molar-refractivity contribution in [2.24, 2.45) is 29.4 Å². The van der Waals surface area contributed by atoms with Crippen LogP contribution in [0.3, 0.4) is 0 Å². The normalized spacial score (nSPS) is 38.2. The van der Waals surface area contributed by atoms with Crippen LogP contribution >= 0.6 is 11.6 Å². The van der Waals surface area contributed by atoms with Gasteiger partial charge in [0, 0.05) is 29.7 Å². The molecular weight excluding hydrogens is 394 g/mol. The Bertz CT molecular complexity index is 860. The lowest BCUT2D eigenvalue weighted by atomic mass is 9.53. The molecule has 0 unspecified atom stereocenters. The van der Waals surface area contributed by atoms with Gasteiger partial charge >= 0.3 is 6.03 Å². The number of hydrogen-bond acceptors (Lipinski definition) is 2. The van der Waals surface area contributed by atoms with E-state index in [-0.39, 0.29) is 17.1 Å². The van der Waals surface area contributed by atoms with Gasteiger partial charge in [-0.2, -0.15) is 0 Å². The summed E-state index contributed by atoms with van der Waals surface area (Å²) in [6.07, 6.45) is 9.00. The van der Waals surface area contributed by atoms with E-state index in [1.807, 2.05) is 4.90 Å². The Morgan fingerprint density at radius 1 is 1.03 bits per heavy atom. The first-order valence-corrected chi connectivity index (χ1v) is 12.3. The van der Waals surface area contributed by atoms with Crippen molar-refractivity contribution in [1.82, 2.24) is 9.80 Å². The van der Waals surface area contributed by atoms with Crippen LogP contribution in [0.1, 0.15) is 69.9 Å². The number of carbonyl (C=O) groups excluding carboxylic acids is 1. The van der Waals surface area contributed by atoms with Crippen LogP contribution in [0.25, 0.3) is 0 Å². The molecule has 0 atom stereocenters. The number of hydrogen-bond donors (Lipinski definition) is 1. The van der Waals surface area contributed by atoms with E-state index in [0.29, 0.717) is 6.04 Å². The van der Waals surface area contributed by atoms with Crippen molar-refractivity contribution in [3.8, 4) is 0 Å². The van der Waals surface area contributed by atoms with Gasteiger partial charge in [-0.05, 0) is 99.7 Å². The first kappa shape index (κ1) is 19.4. The molecule has 30 heavy (non-hydrogen) atoms. The average molecular weight is 428 g/mol. The van der Waals surface area contributed by atoms with Gasteiger partial charge in [0.25, 0.3) is 0 Å². The molecule has 4 bridgehead atoms. The van der Waals surface area contributed by atoms with Crippen molar-refractivity contribution in [3.05, 3.63) is 34.3 Å². The van der Waals surface area contributed by atoms with E-state index in [2.05, 4.69) is 36.9 Å². The zero-order chi connectivity index (χ0) is 20.8. The van der Waals surface area contributed by atoms with Gasteiger partial charge in [0.2, 0.25) is 0 Å². The first-order chi connectivity index (χ1) is 14.3. The second kappa shape index (κ2) is 6.38. The standard InChI is InChI=1S/C25H34ClN3O/c1-24(2)19-4-3-5-20(26)21(19)25(6-8-28(9-7-25)23(27)30)29(24)22-17-11-15-10-16(13-17)14-18(22)12-15/h3-5,15-18,22H,6-14H2,1-2H3,(H2,27,30). The van der Waals surface area contributed by atoms with Crippen LogP contribution in [0.2, 0.25) is 5.02 Å². The van der Waals surface area contributed by atoms with Crippen LogP contribution in [0.4, 0.5) is 4.79 Å². The molecule has 2 N–H and O–H groups in total. The molecule has 1 spiro atoms. The predicted molar refractivity (Wildman–Crippen MR) is 119 cm³/mol. The number of halogens is 1. The third-order valence-corrected chi connectivity index (χ3v) is 9.89. The smallest absolute Gasteiger partial charge is 0.314 e. The monoisotopic (exact) mass is 427 g/mol. The summed E-state index contributed by atoms with van der Waals surface area (Å²) in [7, 11) is 0. The Morgan fingerprint density at radius 2 is 1.63 bits per heavy atom. The van der Waals surface area contributed by atoms with Crippen molar-refractivity contribution in [2.75, 3.05) is 13.1 Å². The minimum atomic E-state index is -0.289. The van der Waals surface area contributed by atoms with Crippen molar-refractivity contribution < 1.29 is 4.79 Å². The number of urea groups is 1. The zero-order valence-corrected chi connectivity index (χ0v) is 19.0. The van der Waals surface area contributed by atoms with E-state index < -0.39 is 0 Å². The molecule has 6 aliphatic rings. The molecule has 0 radical (unpaired) electrons. The van der Waals surface area contributed by atoms with E-state index in [0.717, 1.165) is 54.6 Å². The number of primary amides is 1. The molecule has 1 aromatic rings. The van der Waals surface area contributed by atoms with Gasteiger partial charge in [-0.15, -0.1) is 0 Å². The van der Waals surface area contributed by atoms with Crippen LogP contribution in [0.5, 0.6) is 0 Å². The fourth-order valence-electron chi connectivity index (χ4n) is 8.86. The SMILES string of the molecule is CC1(C)c2cccc(Cl)c2C2(CCN(C(N)=O)CC2)N1C1C2CC3CC(C2)CC1C3. The summed E-state index contributed by atoms with van der Waals surface area (Å²) < 4.78 is 0. The number of amides is 2. The van der Waals surface area contributed by atoms with Gasteiger partial charge in [-0.1, -0.05) is 23.7 Å². The Hall–Kier alpha value is -1.26. The highest BCUT2D eigenvalue weighted by Crippen LogP contribution is 2.63. The molecule has 4 nitrogen and oxygen atoms in total. The van der Waals surface area contributed by atoms with Gasteiger partial charge in [0.05, 0.1) is 5.54 Å². The van der Waals surface area contributed by atoms with E-state index >= 15 is 0 Å². The number of nitrogens with zero attached hydrogens (tertiary/aromatic N) is 2. The van der Waals surface area contributed by atoms with E-state index in [1.54, 1.807) is 0 Å². The lowest BCUT2D eigenvalue weighted by Crippen LogP contribution is -2.65. The summed E-state index contributed by atoms with van der Waals surface area (Å²) in [6.45, 7) is 6.28. The van der Waals surface area contributed by atoms with Crippen LogP contribution in [0, 0.1) is 23.7 Å². The number of likely N-dealkylation sites (tertiary alicyclic amines) is 1. The van der Waals surface area contributed by atoms with Crippen LogP contribution in [-0.4, -0.2) is 35.0 Å². The maximum Gasteiger partial charge on any atom is 0.314 e. The summed E-state index contributed by atoms with van der Waals surface area (Å²) in [5.41, 5.74) is 8.27. The molecular formula is C25H34ClN3O. The number of fused-ring (bicyclic) bond motifs is 2. The quantitative estimate of drug-likeness (QED) is 0.678. The maximum absolute atomic E-state index is 11.9. The summed E-state index contributed by atoms with van der Waals surface area (Å²) >= 11 is 6.94. The van der Waals surface area contributed by atoms with Crippen molar-refractivity contribution in [2.45, 2.75) is 75.9 Å². The van der Waals surface area contributed by atoms with Gasteiger partial charge in [-0.25, -0.2) is 4.79 Å². The molecule has 162 valence electrons. The predicted octanol–water partition coefficient (Wildman–Crippen LogP) is 5.09. The molecule has 7 rings (SSSR count). The fraction of sp³-hybridized carbons (Fsp3) is 0.720. The van der Waals surface area contributed by atoms with Crippen molar-refractivity contribution in [3.63, 3.8) is 0 Å². The van der Waals surface area contributed by atoms with E-state index in [1.165, 1.54) is 43.2 Å². The van der Waals surface area contributed by atoms with Crippen LogP contribution in [-0.2, 0) is 11.1 Å². The molecule has 2 heterocycles. The Kier molecular flexibility index (Phi) is 4.13. The third-order valence-electron chi connectivity index (χ3n) is 9.58. The highest BCUT2D eigenvalue weighted by molar-refractivity contribution is 6.31. The molecule has 1 aromatic carbocycles. The minimum absolute atomic E-state index is 0.0465. The van der Waals surface area contributed by atoms with Crippen molar-refractivity contribution in [1.29, 1.82) is 0 Å². The summed E-state index contributed by atoms with van der Waals surface area (Å²) in [5.74, 6) is 3.57. The second-order valence-electron chi connectivity index (χ2n) is 11.4. The Balaban J connectivity index is 1.48. The zero-order valence-electron chi connectivity index (χ0n) is 18.2. The van der Waals surface area contributed by atoms with Gasteiger partial charge < -0.3 is 10.6 Å². The van der Waals surface area contributed by atoms with E-state index in [9.17, 15) is 4.79 Å². The summed E-state index contributed by atoms with van der Waals surface area (Å²) in [5, 5.41) is 0.902. The third kappa shape index (κ3) is 2.47. The van der Waals surface area contributed by atoms with Gasteiger partial charge in [0.1, 0.15) is 0 Å². The molecule has 5 heteroatoms. The Labute approximate surface area is 185 Å². The fourth-order valence-corrected chi connectivity index (χ4v) is 9.21. The van der Waals surface area contributed by atoms with Gasteiger partial charge in [0.15, 0.2) is 0 Å². The highest BCUT2D eigenvalue weighted by atomic mass is 35.5. The van der Waals surface area contributed by atoms with Gasteiger partial charge in [-0.3, -0.25) is 4.90 Å². The van der Waals surface area contributed by atoms with Crippen molar-refractivity contribution >= 4 is 17.6 Å². The molecule has 2 aliphatic heterocycles.